The molecule has 0 fully saturated rings. The summed E-state index contributed by atoms with van der Waals surface area (Å²) in [4.78, 5) is 0. The summed E-state index contributed by atoms with van der Waals surface area (Å²) in [5.41, 5.74) is 9.62. The van der Waals surface area contributed by atoms with E-state index in [1.54, 1.807) is 0 Å². The van der Waals surface area contributed by atoms with Gasteiger partial charge in [-0.05, 0) is 35.3 Å². The average Bonchev–Trinajstić information content (AvgIpc) is 2.72. The molecule has 2 N–H and O–H groups in total. The van der Waals surface area contributed by atoms with Crippen LogP contribution in [-0.2, 0) is 18.2 Å². The fraction of sp³-hybridized carbons (Fsp3) is 0.438. The van der Waals surface area contributed by atoms with Gasteiger partial charge in [-0.15, -0.1) is 0 Å². The Bertz CT molecular complexity index is 583. The van der Waals surface area contributed by atoms with Gasteiger partial charge < -0.3 is 10.5 Å². The van der Waals surface area contributed by atoms with Gasteiger partial charge in [-0.2, -0.15) is 5.10 Å². The lowest BCUT2D eigenvalue weighted by Crippen LogP contribution is -2.33. The van der Waals surface area contributed by atoms with Crippen LogP contribution in [0.5, 0.6) is 0 Å². The molecule has 0 saturated heterocycles. The van der Waals surface area contributed by atoms with E-state index in [0.29, 0.717) is 13.0 Å². The van der Waals surface area contributed by atoms with Crippen LogP contribution < -0.4 is 5.73 Å². The molecule has 0 aliphatic carbocycles. The second kappa shape index (κ2) is 7.20. The molecular formula is C16H22BrN3O. The molecule has 2 aromatic rings. The van der Waals surface area contributed by atoms with Crippen LogP contribution in [-0.4, -0.2) is 22.4 Å². The quantitative estimate of drug-likeness (QED) is 0.869. The number of hydrogen-bond acceptors (Lipinski definition) is 3. The summed E-state index contributed by atoms with van der Waals surface area (Å²) in [6.45, 7) is 4.61. The van der Waals surface area contributed by atoms with Crippen LogP contribution in [0.3, 0.4) is 0 Å². The summed E-state index contributed by atoms with van der Waals surface area (Å²) in [5, 5.41) is 4.42. The van der Waals surface area contributed by atoms with Crippen molar-refractivity contribution in [3.05, 3.63) is 51.8 Å². The molecule has 0 amide bonds. The summed E-state index contributed by atoms with van der Waals surface area (Å²) < 4.78 is 8.79. The third-order valence-corrected chi connectivity index (χ3v) is 4.59. The van der Waals surface area contributed by atoms with E-state index in [4.69, 9.17) is 10.5 Å². The highest BCUT2D eigenvalue weighted by Crippen LogP contribution is 2.26. The molecular weight excluding hydrogens is 330 g/mol. The summed E-state index contributed by atoms with van der Waals surface area (Å²) in [5.74, 6) is 0. The fourth-order valence-corrected chi connectivity index (χ4v) is 3.02. The largest absolute Gasteiger partial charge is 0.372 e. The van der Waals surface area contributed by atoms with E-state index in [2.05, 4.69) is 33.2 Å². The number of ether oxygens (including phenoxy) is 1. The minimum Gasteiger partial charge on any atom is -0.372 e. The standard InChI is InChI=1S/C16H22BrN3O/c1-4-21-16(12-8-6-5-7-9-12)13(18)10-14-15(17)11(2)19-20(14)3/h5-9,13,16H,4,10,18H2,1-3H3. The number of rotatable bonds is 6. The van der Waals surface area contributed by atoms with Gasteiger partial charge in [-0.25, -0.2) is 0 Å². The highest BCUT2D eigenvalue weighted by Gasteiger charge is 2.23. The van der Waals surface area contributed by atoms with Crippen LogP contribution in [0.25, 0.3) is 0 Å². The Morgan fingerprint density at radius 1 is 1.33 bits per heavy atom. The summed E-state index contributed by atoms with van der Waals surface area (Å²) in [6.07, 6.45) is 0.593. The molecule has 2 unspecified atom stereocenters. The third-order valence-electron chi connectivity index (χ3n) is 3.55. The van der Waals surface area contributed by atoms with Crippen molar-refractivity contribution in [2.24, 2.45) is 12.8 Å². The minimum absolute atomic E-state index is 0.113. The average molecular weight is 352 g/mol. The molecule has 0 bridgehead atoms. The van der Waals surface area contributed by atoms with Crippen molar-refractivity contribution in [1.29, 1.82) is 0 Å². The van der Waals surface area contributed by atoms with E-state index >= 15 is 0 Å². The third kappa shape index (κ3) is 3.73. The van der Waals surface area contributed by atoms with Crippen molar-refractivity contribution < 1.29 is 4.74 Å². The highest BCUT2D eigenvalue weighted by molar-refractivity contribution is 9.10. The summed E-state index contributed by atoms with van der Waals surface area (Å²) >= 11 is 3.59. The molecule has 2 rings (SSSR count). The maximum atomic E-state index is 6.43. The van der Waals surface area contributed by atoms with Crippen LogP contribution >= 0.6 is 15.9 Å². The van der Waals surface area contributed by atoms with Gasteiger partial charge >= 0.3 is 0 Å². The Labute approximate surface area is 134 Å². The Morgan fingerprint density at radius 2 is 2.00 bits per heavy atom. The zero-order chi connectivity index (χ0) is 15.4. The number of halogens is 1. The van der Waals surface area contributed by atoms with Gasteiger partial charge in [0.05, 0.1) is 22.0 Å². The van der Waals surface area contributed by atoms with Crippen LogP contribution in [0, 0.1) is 6.92 Å². The predicted molar refractivity (Wildman–Crippen MR) is 88.1 cm³/mol. The number of aryl methyl sites for hydroxylation is 2. The van der Waals surface area contributed by atoms with E-state index in [9.17, 15) is 0 Å². The maximum Gasteiger partial charge on any atom is 0.0979 e. The van der Waals surface area contributed by atoms with Crippen LogP contribution in [0.15, 0.2) is 34.8 Å². The second-order valence-corrected chi connectivity index (χ2v) is 5.92. The SMILES string of the molecule is CCOC(c1ccccc1)C(N)Cc1c(Br)c(C)nn1C. The van der Waals surface area contributed by atoms with E-state index in [0.717, 1.165) is 21.4 Å². The van der Waals surface area contributed by atoms with E-state index < -0.39 is 0 Å². The molecule has 0 saturated carbocycles. The monoisotopic (exact) mass is 351 g/mol. The van der Waals surface area contributed by atoms with Crippen molar-refractivity contribution in [3.63, 3.8) is 0 Å². The first-order valence-corrected chi connectivity index (χ1v) is 7.94. The first-order valence-electron chi connectivity index (χ1n) is 7.14. The lowest BCUT2D eigenvalue weighted by atomic mass is 9.99. The molecule has 1 heterocycles. The van der Waals surface area contributed by atoms with Crippen molar-refractivity contribution in [3.8, 4) is 0 Å². The Hall–Kier alpha value is -1.17. The number of benzene rings is 1. The zero-order valence-electron chi connectivity index (χ0n) is 12.7. The Morgan fingerprint density at radius 3 is 2.52 bits per heavy atom. The van der Waals surface area contributed by atoms with Crippen molar-refractivity contribution >= 4 is 15.9 Å². The molecule has 1 aromatic carbocycles. The number of nitrogens with two attached hydrogens (primary N) is 1. The molecule has 0 aliphatic rings. The Kier molecular flexibility index (Phi) is 5.56. The Balaban J connectivity index is 2.21. The van der Waals surface area contributed by atoms with Crippen molar-refractivity contribution in [2.75, 3.05) is 6.61 Å². The summed E-state index contributed by atoms with van der Waals surface area (Å²) in [6, 6.07) is 10.0. The molecule has 114 valence electrons. The van der Waals surface area contributed by atoms with Gasteiger partial charge in [0.25, 0.3) is 0 Å². The van der Waals surface area contributed by atoms with Gasteiger partial charge in [-0.1, -0.05) is 30.3 Å². The van der Waals surface area contributed by atoms with Crippen LogP contribution in [0.4, 0.5) is 0 Å². The van der Waals surface area contributed by atoms with Gasteiger partial charge in [0.1, 0.15) is 0 Å². The van der Waals surface area contributed by atoms with Crippen molar-refractivity contribution in [2.45, 2.75) is 32.4 Å². The summed E-state index contributed by atoms with van der Waals surface area (Å²) in [7, 11) is 1.94. The molecule has 21 heavy (non-hydrogen) atoms. The number of nitrogens with zero attached hydrogens (tertiary/aromatic N) is 2. The zero-order valence-corrected chi connectivity index (χ0v) is 14.3. The first-order chi connectivity index (χ1) is 10.0. The first kappa shape index (κ1) is 16.2. The molecule has 5 heteroatoms. The van der Waals surface area contributed by atoms with Crippen molar-refractivity contribution in [1.82, 2.24) is 9.78 Å². The van der Waals surface area contributed by atoms with Gasteiger partial charge in [0.2, 0.25) is 0 Å². The highest BCUT2D eigenvalue weighted by atomic mass is 79.9. The molecule has 0 aliphatic heterocycles. The lowest BCUT2D eigenvalue weighted by Gasteiger charge is -2.24. The molecule has 2 atom stereocenters. The molecule has 0 spiro atoms. The van der Waals surface area contributed by atoms with Gasteiger partial charge in [0.15, 0.2) is 0 Å². The van der Waals surface area contributed by atoms with Crippen LogP contribution in [0.2, 0.25) is 0 Å². The van der Waals surface area contributed by atoms with E-state index in [1.807, 2.05) is 43.8 Å². The van der Waals surface area contributed by atoms with E-state index in [-0.39, 0.29) is 12.1 Å². The van der Waals surface area contributed by atoms with Crippen LogP contribution in [0.1, 0.15) is 30.0 Å². The van der Waals surface area contributed by atoms with Gasteiger partial charge in [-0.3, -0.25) is 4.68 Å². The topological polar surface area (TPSA) is 53.1 Å². The second-order valence-electron chi connectivity index (χ2n) is 5.12. The molecule has 0 radical (unpaired) electrons. The number of hydrogen-bond donors (Lipinski definition) is 1. The van der Waals surface area contributed by atoms with E-state index in [1.165, 1.54) is 0 Å². The maximum absolute atomic E-state index is 6.43. The molecule has 1 aromatic heterocycles. The lowest BCUT2D eigenvalue weighted by molar-refractivity contribution is 0.0429. The predicted octanol–water partition coefficient (Wildman–Crippen LogP) is 3.14. The normalized spacial score (nSPS) is 14.1. The fourth-order valence-electron chi connectivity index (χ4n) is 2.52. The number of aromatic nitrogens is 2. The smallest absolute Gasteiger partial charge is 0.0979 e. The van der Waals surface area contributed by atoms with Gasteiger partial charge in [0, 0.05) is 26.1 Å². The minimum atomic E-state index is -0.126. The molecule has 4 nitrogen and oxygen atoms in total.